The Balaban J connectivity index is 0.000000169. The van der Waals surface area contributed by atoms with Gasteiger partial charge < -0.3 is 0 Å². The molecule has 0 aliphatic heterocycles. The molecule has 5 nitrogen and oxygen atoms in total. The largest absolute Gasteiger partial charge is 0.215 e. The van der Waals surface area contributed by atoms with Gasteiger partial charge >= 0.3 is 0 Å². The van der Waals surface area contributed by atoms with Crippen molar-refractivity contribution in [1.29, 1.82) is 0 Å². The Morgan fingerprint density at radius 3 is 1.15 bits per heavy atom. The monoisotopic (exact) mass is 1040 g/mol. The van der Waals surface area contributed by atoms with Crippen molar-refractivity contribution in [2.75, 3.05) is 0 Å². The molecule has 10 aromatic rings. The van der Waals surface area contributed by atoms with Crippen molar-refractivity contribution in [3.05, 3.63) is 267 Å². The predicted molar refractivity (Wildman–Crippen MR) is 327 cm³/mol. The molecule has 5 aromatic heterocycles. The SMILES string of the molecule is Cc1cc[n+](C)c(-c2ccccc2C)c1.Cc1ccccc1-c1c(C)c(C)cc[n+]1C.Cc1ccccc1-c1c(C)ccc[n+]1C.[2H]C([2H])([2H])c1c[n+](C)c(-c2ccccc2C)cc1C.[2H]C([2H])([2H])c1cc(C)c(-c2ccccc2C)[n+](C)c1. The molecule has 0 fully saturated rings. The molecule has 0 atom stereocenters. The van der Waals surface area contributed by atoms with Crippen molar-refractivity contribution < 1.29 is 31.1 Å². The van der Waals surface area contributed by atoms with Gasteiger partial charge in [-0.05, 0) is 177 Å². The highest BCUT2D eigenvalue weighted by Crippen LogP contribution is 2.27. The van der Waals surface area contributed by atoms with Crippen LogP contribution in [0.2, 0.25) is 0 Å². The number of pyridine rings is 5. The van der Waals surface area contributed by atoms with Crippen LogP contribution in [0.5, 0.6) is 0 Å². The minimum absolute atomic E-state index is 0.379. The van der Waals surface area contributed by atoms with Crippen LogP contribution < -0.4 is 22.8 Å². The Bertz CT molecular complexity index is 3870. The number of aromatic nitrogens is 5. The van der Waals surface area contributed by atoms with Crippen LogP contribution in [0.1, 0.15) is 80.5 Å². The fraction of sp³-hybridized carbons (Fsp3) is 0.247. The van der Waals surface area contributed by atoms with Crippen LogP contribution in [0.15, 0.2) is 195 Å². The van der Waals surface area contributed by atoms with Gasteiger partial charge in [0.15, 0.2) is 31.0 Å². The van der Waals surface area contributed by atoms with Gasteiger partial charge in [0.05, 0.1) is 0 Å². The van der Waals surface area contributed by atoms with E-state index in [1.54, 1.807) is 18.5 Å². The molecule has 0 bridgehead atoms. The van der Waals surface area contributed by atoms with Crippen LogP contribution in [0.25, 0.3) is 56.3 Å². The van der Waals surface area contributed by atoms with Gasteiger partial charge in [-0.3, -0.25) is 0 Å². The highest BCUT2D eigenvalue weighted by atomic mass is 14.9. The Labute approximate surface area is 477 Å². The summed E-state index contributed by atoms with van der Waals surface area (Å²) in [4.78, 5) is 0. The summed E-state index contributed by atoms with van der Waals surface area (Å²) in [6, 6.07) is 56.2. The third-order valence-corrected chi connectivity index (χ3v) is 14.5. The normalized spacial score (nSPS) is 11.9. The van der Waals surface area contributed by atoms with Gasteiger partial charge in [0, 0.05) is 94.2 Å². The van der Waals surface area contributed by atoms with Gasteiger partial charge in [-0.2, -0.15) is 0 Å². The van der Waals surface area contributed by atoms with E-state index in [9.17, 15) is 0 Å². The van der Waals surface area contributed by atoms with Crippen molar-refractivity contribution in [2.45, 2.75) is 89.9 Å². The summed E-state index contributed by atoms with van der Waals surface area (Å²) < 4.78 is 55.5. The average Bonchev–Trinajstić information content (AvgIpc) is 3.62. The lowest BCUT2D eigenvalue weighted by atomic mass is 9.99. The molecule has 0 spiro atoms. The number of rotatable bonds is 5. The van der Waals surface area contributed by atoms with Crippen LogP contribution in [-0.2, 0) is 35.2 Å². The maximum atomic E-state index is 7.55. The second-order valence-corrected chi connectivity index (χ2v) is 20.7. The van der Waals surface area contributed by atoms with E-state index in [1.165, 1.54) is 83.8 Å². The minimum Gasteiger partial charge on any atom is -0.201 e. The molecule has 5 heterocycles. The van der Waals surface area contributed by atoms with Crippen LogP contribution in [0.3, 0.4) is 0 Å². The molecule has 0 saturated heterocycles. The molecule has 0 amide bonds. The van der Waals surface area contributed by atoms with E-state index >= 15 is 0 Å². The third kappa shape index (κ3) is 14.9. The second-order valence-electron chi connectivity index (χ2n) is 20.7. The zero-order chi connectivity index (χ0) is 61.8. The zero-order valence-electron chi connectivity index (χ0n) is 55.2. The quantitative estimate of drug-likeness (QED) is 0.153. The van der Waals surface area contributed by atoms with E-state index in [-0.39, 0.29) is 0 Å². The Morgan fingerprint density at radius 2 is 0.692 bits per heavy atom. The summed E-state index contributed by atoms with van der Waals surface area (Å²) in [6.45, 7) is 18.9. The highest BCUT2D eigenvalue weighted by molar-refractivity contribution is 5.67. The number of hydrogen-bond donors (Lipinski definition) is 0. The molecule has 0 aliphatic rings. The van der Waals surface area contributed by atoms with Crippen LogP contribution in [-0.4, -0.2) is 0 Å². The van der Waals surface area contributed by atoms with Crippen LogP contribution in [0.4, 0.5) is 0 Å². The van der Waals surface area contributed by atoms with Crippen molar-refractivity contribution >= 4 is 0 Å². The summed E-state index contributed by atoms with van der Waals surface area (Å²) in [5, 5.41) is 0. The maximum absolute atomic E-state index is 7.55. The predicted octanol–water partition coefficient (Wildman–Crippen LogP) is 14.9. The molecule has 5 heteroatoms. The first-order chi connectivity index (χ1) is 39.6. The number of nitrogens with zero attached hydrogens (tertiary/aromatic N) is 5. The summed E-state index contributed by atoms with van der Waals surface area (Å²) in [7, 11) is 10.1. The highest BCUT2D eigenvalue weighted by Gasteiger charge is 2.19. The van der Waals surface area contributed by atoms with Crippen LogP contribution >= 0.6 is 0 Å². The summed E-state index contributed by atoms with van der Waals surface area (Å²) in [5.41, 5.74) is 26.4. The summed E-state index contributed by atoms with van der Waals surface area (Å²) in [5.74, 6) is 0. The number of hydrogen-bond acceptors (Lipinski definition) is 0. The first-order valence-corrected chi connectivity index (χ1v) is 26.8. The molecular weight excluding hydrogens is 947 g/mol. The number of aryl methyl sites for hydroxylation is 17. The molecule has 0 saturated carbocycles. The van der Waals surface area contributed by atoms with E-state index in [1.807, 2.05) is 67.4 Å². The van der Waals surface area contributed by atoms with Crippen molar-refractivity contribution in [3.63, 3.8) is 0 Å². The van der Waals surface area contributed by atoms with Crippen molar-refractivity contribution in [3.8, 4) is 56.3 Å². The standard InChI is InChI=1S/3C15H18N.2C14H16N/c1-11-9-13(3)15(16(4)10-11)14-8-6-5-7-12(14)2;1-11-7-5-6-8-14(11)15-9-12(2)13(3)10-16(15)4;1-11-9-10-16(4)15(13(11)3)14-8-6-5-7-12(14)2;1-11-7-4-5-9-13(11)14-12(2)8-6-10-15(14)3;1-11-8-9-15(3)14(10-11)13-7-5-4-6-12(13)2/h3*5-10H,1-4H3;2*4-10H,1-3H3/q5*+1/i1D3;3D3;;;. The average molecular weight is 1040 g/mol. The first-order valence-electron chi connectivity index (χ1n) is 29.8. The fourth-order valence-electron chi connectivity index (χ4n) is 9.91. The fourth-order valence-corrected chi connectivity index (χ4v) is 9.91. The molecule has 398 valence electrons. The molecule has 0 aliphatic carbocycles. The van der Waals surface area contributed by atoms with Gasteiger partial charge in [-0.15, -0.1) is 0 Å². The lowest BCUT2D eigenvalue weighted by molar-refractivity contribution is -0.661. The molecule has 0 N–H and O–H groups in total. The van der Waals surface area contributed by atoms with E-state index in [2.05, 4.69) is 243 Å². The van der Waals surface area contributed by atoms with Gasteiger partial charge in [0.2, 0.25) is 28.5 Å². The van der Waals surface area contributed by atoms with Gasteiger partial charge in [0.1, 0.15) is 35.2 Å². The molecule has 10 rings (SSSR count). The molecular formula is C73H86N5+5. The Hall–Kier alpha value is -8.15. The van der Waals surface area contributed by atoms with Crippen LogP contribution in [0, 0.1) is 89.9 Å². The van der Waals surface area contributed by atoms with Gasteiger partial charge in [0.25, 0.3) is 0 Å². The molecule has 5 aromatic carbocycles. The lowest BCUT2D eigenvalue weighted by Crippen LogP contribution is -2.32. The first kappa shape index (κ1) is 50.7. The lowest BCUT2D eigenvalue weighted by Gasteiger charge is -2.08. The van der Waals surface area contributed by atoms with Crippen molar-refractivity contribution in [2.24, 2.45) is 35.2 Å². The Kier molecular flexibility index (Phi) is 17.7. The van der Waals surface area contributed by atoms with Gasteiger partial charge in [-0.25, -0.2) is 22.8 Å². The van der Waals surface area contributed by atoms with E-state index in [4.69, 9.17) is 8.22 Å². The van der Waals surface area contributed by atoms with E-state index in [0.717, 1.165) is 33.6 Å². The molecule has 0 radical (unpaired) electrons. The minimum atomic E-state index is -2.06. The maximum Gasteiger partial charge on any atom is 0.215 e. The smallest absolute Gasteiger partial charge is 0.201 e. The van der Waals surface area contributed by atoms with Gasteiger partial charge in [-0.1, -0.05) is 91.0 Å². The zero-order valence-corrected chi connectivity index (χ0v) is 49.2. The summed E-state index contributed by atoms with van der Waals surface area (Å²) in [6.07, 6.45) is 9.74. The van der Waals surface area contributed by atoms with E-state index in [0.29, 0.717) is 11.1 Å². The molecule has 78 heavy (non-hydrogen) atoms. The van der Waals surface area contributed by atoms with E-state index < -0.39 is 13.7 Å². The second kappa shape index (κ2) is 27.2. The third-order valence-electron chi connectivity index (χ3n) is 14.5. The summed E-state index contributed by atoms with van der Waals surface area (Å²) >= 11 is 0. The topological polar surface area (TPSA) is 19.4 Å². The Morgan fingerprint density at radius 1 is 0.269 bits per heavy atom. The number of benzene rings is 5. The molecule has 0 unspecified atom stereocenters. The van der Waals surface area contributed by atoms with Crippen molar-refractivity contribution in [1.82, 2.24) is 0 Å².